The van der Waals surface area contributed by atoms with Crippen LogP contribution in [-0.2, 0) is 6.18 Å². The number of hydrogen-bond acceptors (Lipinski definition) is 3. The third-order valence-corrected chi connectivity index (χ3v) is 5.24. The molecule has 7 heteroatoms. The first-order chi connectivity index (χ1) is 11.5. The lowest BCUT2D eigenvalue weighted by atomic mass is 10.1. The summed E-state index contributed by atoms with van der Waals surface area (Å²) in [5.74, 6) is 0.930. The Labute approximate surface area is 141 Å². The van der Waals surface area contributed by atoms with Crippen LogP contribution >= 0.6 is 11.8 Å². The van der Waals surface area contributed by atoms with Crippen molar-refractivity contribution in [2.24, 2.45) is 0 Å². The summed E-state index contributed by atoms with van der Waals surface area (Å²) in [7, 11) is 0. The molecular weight excluding hydrogens is 339 g/mol. The molecule has 0 aliphatic carbocycles. The molecule has 1 saturated heterocycles. The minimum absolute atomic E-state index is 0.121. The molecule has 1 atom stereocenters. The van der Waals surface area contributed by atoms with Crippen molar-refractivity contribution >= 4 is 17.7 Å². The van der Waals surface area contributed by atoms with Gasteiger partial charge in [-0.15, -0.1) is 11.8 Å². The SMILES string of the molecule is O=C(c1ccccc1C(F)(F)F)N1CCS[C@@H](c2ccco2)CC1. The maximum Gasteiger partial charge on any atom is 0.417 e. The summed E-state index contributed by atoms with van der Waals surface area (Å²) in [6.07, 6.45) is -2.29. The summed E-state index contributed by atoms with van der Waals surface area (Å²) in [6, 6.07) is 8.64. The molecule has 1 aromatic heterocycles. The van der Waals surface area contributed by atoms with Gasteiger partial charge in [0, 0.05) is 18.8 Å². The molecule has 3 rings (SSSR count). The van der Waals surface area contributed by atoms with E-state index in [9.17, 15) is 18.0 Å². The summed E-state index contributed by atoms with van der Waals surface area (Å²) < 4.78 is 44.8. The molecule has 1 fully saturated rings. The Kier molecular flexibility index (Phi) is 4.89. The number of nitrogens with zero attached hydrogens (tertiary/aromatic N) is 1. The Balaban J connectivity index is 1.77. The summed E-state index contributed by atoms with van der Waals surface area (Å²) in [6.45, 7) is 0.830. The van der Waals surface area contributed by atoms with Gasteiger partial charge in [0.05, 0.1) is 22.6 Å². The second kappa shape index (κ2) is 6.93. The number of thioether (sulfide) groups is 1. The third kappa shape index (κ3) is 3.61. The van der Waals surface area contributed by atoms with E-state index < -0.39 is 17.6 Å². The average Bonchev–Trinajstić information content (AvgIpc) is 2.98. The molecule has 0 unspecified atom stereocenters. The van der Waals surface area contributed by atoms with E-state index >= 15 is 0 Å². The van der Waals surface area contributed by atoms with Gasteiger partial charge in [0.15, 0.2) is 0 Å². The fourth-order valence-corrected chi connectivity index (χ4v) is 3.94. The van der Waals surface area contributed by atoms with Crippen molar-refractivity contribution < 1.29 is 22.4 Å². The quantitative estimate of drug-likeness (QED) is 0.788. The highest BCUT2D eigenvalue weighted by Crippen LogP contribution is 2.36. The standard InChI is InChI=1S/C17H16F3NO2S/c18-17(19,20)13-5-2-1-4-12(13)16(22)21-8-7-15(24-11-9-21)14-6-3-10-23-14/h1-6,10,15H,7-9,11H2/t15-/m1/s1. The lowest BCUT2D eigenvalue weighted by Crippen LogP contribution is -2.34. The Morgan fingerprint density at radius 2 is 1.96 bits per heavy atom. The van der Waals surface area contributed by atoms with Gasteiger partial charge in [0.2, 0.25) is 0 Å². The zero-order chi connectivity index (χ0) is 17.2. The number of amides is 1. The summed E-state index contributed by atoms with van der Waals surface area (Å²) in [5, 5.41) is 0.121. The van der Waals surface area contributed by atoms with E-state index in [1.165, 1.54) is 23.1 Å². The van der Waals surface area contributed by atoms with Crippen LogP contribution in [0, 0.1) is 0 Å². The summed E-state index contributed by atoms with van der Waals surface area (Å²) >= 11 is 1.66. The maximum absolute atomic E-state index is 13.1. The topological polar surface area (TPSA) is 33.5 Å². The van der Waals surface area contributed by atoms with Crippen molar-refractivity contribution in [3.8, 4) is 0 Å². The summed E-state index contributed by atoms with van der Waals surface area (Å²) in [4.78, 5) is 14.1. The van der Waals surface area contributed by atoms with Crippen LogP contribution in [0.2, 0.25) is 0 Å². The molecule has 0 spiro atoms. The molecule has 0 N–H and O–H groups in total. The van der Waals surface area contributed by atoms with Crippen molar-refractivity contribution in [3.05, 3.63) is 59.5 Å². The average molecular weight is 355 g/mol. The molecule has 1 amide bonds. The van der Waals surface area contributed by atoms with Crippen LogP contribution in [0.4, 0.5) is 13.2 Å². The molecule has 1 aliphatic heterocycles. The van der Waals surface area contributed by atoms with Crippen LogP contribution in [0.5, 0.6) is 0 Å². The first-order valence-corrected chi connectivity index (χ1v) is 8.62. The molecule has 0 saturated carbocycles. The molecule has 1 aromatic carbocycles. The van der Waals surface area contributed by atoms with E-state index in [1.807, 2.05) is 12.1 Å². The second-order valence-corrected chi connectivity index (χ2v) is 6.81. The Bertz CT molecular complexity index is 700. The monoisotopic (exact) mass is 355 g/mol. The minimum atomic E-state index is -4.54. The third-order valence-electron chi connectivity index (χ3n) is 3.95. The van der Waals surface area contributed by atoms with E-state index in [2.05, 4.69) is 0 Å². The first kappa shape index (κ1) is 17.0. The van der Waals surface area contributed by atoms with Gasteiger partial charge in [-0.25, -0.2) is 0 Å². The highest BCUT2D eigenvalue weighted by atomic mass is 32.2. The molecule has 3 nitrogen and oxygen atoms in total. The Morgan fingerprint density at radius 3 is 2.67 bits per heavy atom. The van der Waals surface area contributed by atoms with Crippen molar-refractivity contribution in [3.63, 3.8) is 0 Å². The molecule has 24 heavy (non-hydrogen) atoms. The van der Waals surface area contributed by atoms with E-state index in [0.29, 0.717) is 25.3 Å². The largest absolute Gasteiger partial charge is 0.468 e. The second-order valence-electron chi connectivity index (χ2n) is 5.50. The molecule has 0 bridgehead atoms. The van der Waals surface area contributed by atoms with Crippen LogP contribution in [0.3, 0.4) is 0 Å². The number of alkyl halides is 3. The lowest BCUT2D eigenvalue weighted by Gasteiger charge is -2.22. The van der Waals surface area contributed by atoms with Crippen molar-refractivity contribution in [2.45, 2.75) is 17.8 Å². The van der Waals surface area contributed by atoms with E-state index in [1.54, 1.807) is 18.0 Å². The van der Waals surface area contributed by atoms with Crippen molar-refractivity contribution in [1.29, 1.82) is 0 Å². The Morgan fingerprint density at radius 1 is 1.17 bits per heavy atom. The molecule has 2 aromatic rings. The van der Waals surface area contributed by atoms with E-state index in [-0.39, 0.29) is 10.8 Å². The van der Waals surface area contributed by atoms with Crippen LogP contribution in [0.1, 0.15) is 33.4 Å². The van der Waals surface area contributed by atoms with Crippen LogP contribution in [0.25, 0.3) is 0 Å². The Hall–Kier alpha value is -1.89. The smallest absolute Gasteiger partial charge is 0.417 e. The van der Waals surface area contributed by atoms with Crippen LogP contribution < -0.4 is 0 Å². The van der Waals surface area contributed by atoms with E-state index in [4.69, 9.17) is 4.42 Å². The number of halogens is 3. The number of benzene rings is 1. The molecule has 2 heterocycles. The van der Waals surface area contributed by atoms with Crippen molar-refractivity contribution in [1.82, 2.24) is 4.90 Å². The number of carbonyl (C=O) groups excluding carboxylic acids is 1. The van der Waals surface area contributed by atoms with Gasteiger partial charge in [-0.1, -0.05) is 12.1 Å². The predicted octanol–water partition coefficient (Wildman–Crippen LogP) is 4.62. The normalized spacial score (nSPS) is 19.1. The van der Waals surface area contributed by atoms with Gasteiger partial charge in [0.1, 0.15) is 5.76 Å². The fourth-order valence-electron chi connectivity index (χ4n) is 2.76. The molecule has 128 valence electrons. The van der Waals surface area contributed by atoms with Gasteiger partial charge in [0.25, 0.3) is 5.91 Å². The molecular formula is C17H16F3NO2S. The zero-order valence-electron chi connectivity index (χ0n) is 12.8. The van der Waals surface area contributed by atoms with Gasteiger partial charge < -0.3 is 9.32 Å². The van der Waals surface area contributed by atoms with E-state index in [0.717, 1.165) is 11.8 Å². The molecule has 1 aliphatic rings. The van der Waals surface area contributed by atoms with Crippen molar-refractivity contribution in [2.75, 3.05) is 18.8 Å². The number of hydrogen-bond donors (Lipinski definition) is 0. The van der Waals surface area contributed by atoms with Gasteiger partial charge in [-0.2, -0.15) is 13.2 Å². The maximum atomic E-state index is 13.1. The van der Waals surface area contributed by atoms with Crippen LogP contribution in [-0.4, -0.2) is 29.6 Å². The van der Waals surface area contributed by atoms with Gasteiger partial charge in [-0.05, 0) is 30.7 Å². The van der Waals surface area contributed by atoms with Gasteiger partial charge in [-0.3, -0.25) is 4.79 Å². The summed E-state index contributed by atoms with van der Waals surface area (Å²) in [5.41, 5.74) is -1.17. The minimum Gasteiger partial charge on any atom is -0.468 e. The molecule has 0 radical (unpaired) electrons. The lowest BCUT2D eigenvalue weighted by molar-refractivity contribution is -0.138. The highest BCUT2D eigenvalue weighted by Gasteiger charge is 2.36. The number of carbonyl (C=O) groups is 1. The number of rotatable bonds is 2. The van der Waals surface area contributed by atoms with Crippen LogP contribution in [0.15, 0.2) is 47.1 Å². The zero-order valence-corrected chi connectivity index (χ0v) is 13.6. The highest BCUT2D eigenvalue weighted by molar-refractivity contribution is 7.99. The predicted molar refractivity (Wildman–Crippen MR) is 85.9 cm³/mol. The van der Waals surface area contributed by atoms with Gasteiger partial charge >= 0.3 is 6.18 Å². The fraction of sp³-hybridized carbons (Fsp3) is 0.353. The number of furan rings is 1. The first-order valence-electron chi connectivity index (χ1n) is 7.57.